The zero-order chi connectivity index (χ0) is 17.1. The van der Waals surface area contributed by atoms with Crippen molar-refractivity contribution in [3.63, 3.8) is 0 Å². The summed E-state index contributed by atoms with van der Waals surface area (Å²) in [5.74, 6) is -0.510. The molecule has 0 aliphatic carbocycles. The predicted octanol–water partition coefficient (Wildman–Crippen LogP) is 4.55. The fourth-order valence-electron chi connectivity index (χ4n) is 1.88. The maximum atomic E-state index is 12.4. The normalized spacial score (nSPS) is 10.3. The van der Waals surface area contributed by atoms with E-state index in [1.807, 2.05) is 22.6 Å². The molecule has 2 aromatic carbocycles. The molecule has 0 aromatic heterocycles. The number of anilines is 1. The molecule has 2 aromatic rings. The fourth-order valence-corrected chi connectivity index (χ4v) is 3.19. The summed E-state index contributed by atoms with van der Waals surface area (Å²) in [4.78, 5) is 25.9. The van der Waals surface area contributed by atoms with Crippen molar-refractivity contribution < 1.29 is 9.59 Å². The molecular weight excluding hydrogens is 450 g/mol. The number of carbonyl (C=O) groups is 2. The second-order valence-electron chi connectivity index (χ2n) is 4.97. The first-order valence-corrected chi connectivity index (χ1v) is 8.40. The average molecular weight is 463 g/mol. The van der Waals surface area contributed by atoms with E-state index in [-0.39, 0.29) is 11.8 Å². The van der Waals surface area contributed by atoms with Crippen molar-refractivity contribution in [3.8, 4) is 0 Å². The molecule has 0 radical (unpaired) electrons. The van der Waals surface area contributed by atoms with Crippen LogP contribution in [-0.4, -0.2) is 30.8 Å². The molecule has 0 bridgehead atoms. The number of nitrogens with one attached hydrogen (secondary N) is 1. The van der Waals surface area contributed by atoms with E-state index in [2.05, 4.69) is 5.32 Å². The summed E-state index contributed by atoms with van der Waals surface area (Å²) in [5, 5.41) is 3.67. The van der Waals surface area contributed by atoms with Crippen LogP contribution < -0.4 is 5.32 Å². The molecule has 2 amide bonds. The van der Waals surface area contributed by atoms with Crippen LogP contribution in [0.25, 0.3) is 0 Å². The van der Waals surface area contributed by atoms with Gasteiger partial charge in [-0.15, -0.1) is 0 Å². The summed E-state index contributed by atoms with van der Waals surface area (Å²) in [6, 6.07) is 9.81. The lowest BCUT2D eigenvalue weighted by atomic mass is 10.1. The summed E-state index contributed by atoms with van der Waals surface area (Å²) < 4.78 is 0.742. The molecule has 0 saturated heterocycles. The molecule has 0 heterocycles. The van der Waals surface area contributed by atoms with Crippen molar-refractivity contribution in [2.45, 2.75) is 0 Å². The van der Waals surface area contributed by atoms with Crippen LogP contribution in [-0.2, 0) is 0 Å². The third-order valence-corrected chi connectivity index (χ3v) is 4.49. The molecule has 0 aliphatic heterocycles. The molecule has 0 spiro atoms. The molecule has 2 rings (SSSR count). The van der Waals surface area contributed by atoms with Crippen LogP contribution >= 0.6 is 45.8 Å². The molecule has 7 heteroatoms. The first kappa shape index (κ1) is 18.0. The van der Waals surface area contributed by atoms with Crippen molar-refractivity contribution in [2.24, 2.45) is 0 Å². The highest BCUT2D eigenvalue weighted by atomic mass is 127. The average Bonchev–Trinajstić information content (AvgIpc) is 2.48. The standard InChI is InChI=1S/C16H13Cl2IN2O2/c1-21(2)16(23)12-8-10(4-6-13(12)18)20-15(22)11-5-3-9(17)7-14(11)19/h3-8H,1-2H3,(H,20,22). The highest BCUT2D eigenvalue weighted by Crippen LogP contribution is 2.23. The van der Waals surface area contributed by atoms with E-state index in [1.165, 1.54) is 4.90 Å². The van der Waals surface area contributed by atoms with Crippen LogP contribution in [0.15, 0.2) is 36.4 Å². The Balaban J connectivity index is 2.28. The van der Waals surface area contributed by atoms with Crippen LogP contribution in [0.4, 0.5) is 5.69 Å². The van der Waals surface area contributed by atoms with Crippen molar-refractivity contribution in [2.75, 3.05) is 19.4 Å². The lowest BCUT2D eigenvalue weighted by molar-refractivity contribution is 0.0827. The number of carbonyl (C=O) groups excluding carboxylic acids is 2. The molecule has 0 saturated carbocycles. The van der Waals surface area contributed by atoms with Gasteiger partial charge < -0.3 is 10.2 Å². The zero-order valence-electron chi connectivity index (χ0n) is 12.4. The lowest BCUT2D eigenvalue weighted by Crippen LogP contribution is -2.22. The van der Waals surface area contributed by atoms with E-state index in [0.29, 0.717) is 26.9 Å². The van der Waals surface area contributed by atoms with Crippen molar-refractivity contribution in [3.05, 3.63) is 61.1 Å². The number of nitrogens with zero attached hydrogens (tertiary/aromatic N) is 1. The number of benzene rings is 2. The lowest BCUT2D eigenvalue weighted by Gasteiger charge is -2.13. The van der Waals surface area contributed by atoms with Crippen LogP contribution in [0.5, 0.6) is 0 Å². The maximum absolute atomic E-state index is 12.4. The van der Waals surface area contributed by atoms with E-state index in [1.54, 1.807) is 50.5 Å². The molecule has 4 nitrogen and oxygen atoms in total. The van der Waals surface area contributed by atoms with Crippen molar-refractivity contribution in [1.29, 1.82) is 0 Å². The second-order valence-corrected chi connectivity index (χ2v) is 6.98. The van der Waals surface area contributed by atoms with Gasteiger partial charge in [0.15, 0.2) is 0 Å². The topological polar surface area (TPSA) is 49.4 Å². The van der Waals surface area contributed by atoms with E-state index in [0.717, 1.165) is 3.57 Å². The molecular formula is C16H13Cl2IN2O2. The maximum Gasteiger partial charge on any atom is 0.256 e. The Hall–Kier alpha value is -1.31. The number of rotatable bonds is 3. The molecule has 0 atom stereocenters. The van der Waals surface area contributed by atoms with Crippen molar-refractivity contribution in [1.82, 2.24) is 4.90 Å². The highest BCUT2D eigenvalue weighted by Gasteiger charge is 2.15. The van der Waals surface area contributed by atoms with Crippen molar-refractivity contribution >= 4 is 63.3 Å². The van der Waals surface area contributed by atoms with Gasteiger partial charge in [-0.25, -0.2) is 0 Å². The van der Waals surface area contributed by atoms with E-state index in [4.69, 9.17) is 23.2 Å². The third kappa shape index (κ3) is 4.37. The summed E-state index contributed by atoms with van der Waals surface area (Å²) in [6.45, 7) is 0. The fraction of sp³-hybridized carbons (Fsp3) is 0.125. The summed E-state index contributed by atoms with van der Waals surface area (Å²) in [7, 11) is 3.28. The monoisotopic (exact) mass is 462 g/mol. The summed E-state index contributed by atoms with van der Waals surface area (Å²) >= 11 is 14.0. The van der Waals surface area contributed by atoms with Gasteiger partial charge in [-0.3, -0.25) is 9.59 Å². The van der Waals surface area contributed by atoms with Crippen LogP contribution in [0.3, 0.4) is 0 Å². The van der Waals surface area contributed by atoms with E-state index >= 15 is 0 Å². The van der Waals surface area contributed by atoms with Crippen LogP contribution in [0, 0.1) is 3.57 Å². The van der Waals surface area contributed by atoms with Gasteiger partial charge in [0.2, 0.25) is 0 Å². The quantitative estimate of drug-likeness (QED) is 0.680. The minimum Gasteiger partial charge on any atom is -0.345 e. The van der Waals surface area contributed by atoms with Gasteiger partial charge in [-0.2, -0.15) is 0 Å². The Morgan fingerprint density at radius 2 is 1.74 bits per heavy atom. The van der Waals surface area contributed by atoms with Gasteiger partial charge in [0.25, 0.3) is 11.8 Å². The van der Waals surface area contributed by atoms with Gasteiger partial charge >= 0.3 is 0 Å². The smallest absolute Gasteiger partial charge is 0.256 e. The number of halogens is 3. The Kier molecular flexibility index (Phi) is 5.89. The molecule has 1 N–H and O–H groups in total. The molecule has 23 heavy (non-hydrogen) atoms. The molecule has 0 fully saturated rings. The van der Waals surface area contributed by atoms with Gasteiger partial charge in [0.05, 0.1) is 16.1 Å². The number of amides is 2. The Morgan fingerprint density at radius 1 is 1.04 bits per heavy atom. The Morgan fingerprint density at radius 3 is 2.35 bits per heavy atom. The number of hydrogen-bond donors (Lipinski definition) is 1. The largest absolute Gasteiger partial charge is 0.345 e. The van der Waals surface area contributed by atoms with Gasteiger partial charge in [0.1, 0.15) is 0 Å². The van der Waals surface area contributed by atoms with E-state index in [9.17, 15) is 9.59 Å². The Labute approximate surface area is 157 Å². The Bertz CT molecular complexity index is 779. The molecule has 120 valence electrons. The third-order valence-electron chi connectivity index (χ3n) is 3.04. The van der Waals surface area contributed by atoms with Gasteiger partial charge in [-0.05, 0) is 59.0 Å². The molecule has 0 aliphatic rings. The minimum atomic E-state index is -0.281. The minimum absolute atomic E-state index is 0.229. The molecule has 0 unspecified atom stereocenters. The first-order chi connectivity index (χ1) is 10.8. The van der Waals surface area contributed by atoms with E-state index < -0.39 is 0 Å². The first-order valence-electron chi connectivity index (χ1n) is 6.57. The number of hydrogen-bond acceptors (Lipinski definition) is 2. The summed E-state index contributed by atoms with van der Waals surface area (Å²) in [6.07, 6.45) is 0. The van der Waals surface area contributed by atoms with Crippen LogP contribution in [0.2, 0.25) is 10.0 Å². The second kappa shape index (κ2) is 7.51. The van der Waals surface area contributed by atoms with Gasteiger partial charge in [-0.1, -0.05) is 23.2 Å². The SMILES string of the molecule is CN(C)C(=O)c1cc(NC(=O)c2ccc(Cl)cc2I)ccc1Cl. The zero-order valence-corrected chi connectivity index (χ0v) is 16.0. The highest BCUT2D eigenvalue weighted by molar-refractivity contribution is 14.1. The van der Waals surface area contributed by atoms with Gasteiger partial charge in [0, 0.05) is 28.4 Å². The summed E-state index contributed by atoms with van der Waals surface area (Å²) in [5.41, 5.74) is 1.33. The van der Waals surface area contributed by atoms with Crippen LogP contribution in [0.1, 0.15) is 20.7 Å². The predicted molar refractivity (Wildman–Crippen MR) is 102 cm³/mol.